The van der Waals surface area contributed by atoms with Crippen molar-refractivity contribution in [3.63, 3.8) is 0 Å². The Bertz CT molecular complexity index is 1100. The molecule has 0 amide bonds. The Kier molecular flexibility index (Phi) is 5.16. The van der Waals surface area contributed by atoms with Gasteiger partial charge in [-0.3, -0.25) is 9.36 Å². The van der Waals surface area contributed by atoms with Crippen molar-refractivity contribution in [2.24, 2.45) is 0 Å². The molecule has 4 rings (SSSR count). The first-order chi connectivity index (χ1) is 12.9. The molecular weight excluding hydrogens is 398 g/mol. The molecule has 140 valence electrons. The van der Waals surface area contributed by atoms with Gasteiger partial charge in [0.15, 0.2) is 5.16 Å². The number of aryl methyl sites for hydroxylation is 1. The fourth-order valence-electron chi connectivity index (χ4n) is 3.48. The van der Waals surface area contributed by atoms with Gasteiger partial charge in [0.25, 0.3) is 5.56 Å². The molecule has 3 aromatic rings. The Hall–Kier alpha value is -1.60. The van der Waals surface area contributed by atoms with E-state index in [0.29, 0.717) is 15.9 Å². The largest absolute Gasteiger partial charge is 0.333 e. The lowest BCUT2D eigenvalue weighted by Crippen LogP contribution is -3.08. The van der Waals surface area contributed by atoms with Crippen molar-refractivity contribution in [3.8, 4) is 5.69 Å². The second-order valence-corrected chi connectivity index (χ2v) is 9.56. The van der Waals surface area contributed by atoms with E-state index in [1.165, 1.54) is 27.1 Å². The molecule has 1 unspecified atom stereocenters. The number of likely N-dealkylation sites (N-methyl/N-ethyl adjacent to an activating group) is 1. The van der Waals surface area contributed by atoms with Crippen molar-refractivity contribution < 1.29 is 4.90 Å². The molecule has 0 aliphatic carbocycles. The number of nitrogens with zero attached hydrogens (tertiary/aromatic N) is 2. The van der Waals surface area contributed by atoms with E-state index in [2.05, 4.69) is 13.6 Å². The van der Waals surface area contributed by atoms with Crippen LogP contribution in [0.3, 0.4) is 0 Å². The summed E-state index contributed by atoms with van der Waals surface area (Å²) in [5.74, 6) is 0.517. The van der Waals surface area contributed by atoms with E-state index in [9.17, 15) is 4.79 Å². The summed E-state index contributed by atoms with van der Waals surface area (Å²) < 4.78 is 1.73. The van der Waals surface area contributed by atoms with E-state index >= 15 is 0 Å². The maximum Gasteiger partial charge on any atom is 0.267 e. The smallest absolute Gasteiger partial charge is 0.267 e. The maximum absolute atomic E-state index is 13.6. The van der Waals surface area contributed by atoms with Crippen LogP contribution in [0, 0.1) is 6.92 Å². The molecule has 1 aliphatic heterocycles. The summed E-state index contributed by atoms with van der Waals surface area (Å²) >= 11 is 9.09. The molecular formula is C20H21ClN3OS2+. The highest BCUT2D eigenvalue weighted by molar-refractivity contribution is 7.99. The van der Waals surface area contributed by atoms with E-state index < -0.39 is 0 Å². The van der Waals surface area contributed by atoms with Gasteiger partial charge in [0.05, 0.1) is 29.5 Å². The molecule has 0 saturated heterocycles. The van der Waals surface area contributed by atoms with Crippen LogP contribution in [0.25, 0.3) is 15.9 Å². The molecule has 4 nitrogen and oxygen atoms in total. The van der Waals surface area contributed by atoms with Gasteiger partial charge in [-0.2, -0.15) is 0 Å². The van der Waals surface area contributed by atoms with Crippen molar-refractivity contribution >= 4 is 44.9 Å². The quantitative estimate of drug-likeness (QED) is 0.522. The number of rotatable bonds is 4. The highest BCUT2D eigenvalue weighted by atomic mass is 35.5. The summed E-state index contributed by atoms with van der Waals surface area (Å²) in [7, 11) is 2.19. The fourth-order valence-corrected chi connectivity index (χ4v) is 5.78. The van der Waals surface area contributed by atoms with Crippen LogP contribution in [0.15, 0.2) is 45.8 Å². The molecule has 7 heteroatoms. The van der Waals surface area contributed by atoms with Crippen LogP contribution in [0.2, 0.25) is 0 Å². The number of thioether (sulfide) groups is 1. The third-order valence-corrected chi connectivity index (χ3v) is 7.20. The Balaban J connectivity index is 1.97. The van der Waals surface area contributed by atoms with Crippen molar-refractivity contribution in [3.05, 3.63) is 62.2 Å². The number of hydrogen-bond donors (Lipinski definition) is 1. The Morgan fingerprint density at radius 2 is 2.30 bits per heavy atom. The highest BCUT2D eigenvalue weighted by Gasteiger charge is 2.26. The molecule has 2 aromatic heterocycles. The summed E-state index contributed by atoms with van der Waals surface area (Å²) in [5.41, 5.74) is 3.16. The summed E-state index contributed by atoms with van der Waals surface area (Å²) in [6.45, 7) is 7.80. The first kappa shape index (κ1) is 18.7. The lowest BCUT2D eigenvalue weighted by Gasteiger charge is -2.19. The number of quaternary nitrogens is 1. The number of hydrogen-bond acceptors (Lipinski definition) is 4. The van der Waals surface area contributed by atoms with Gasteiger partial charge >= 0.3 is 0 Å². The molecule has 0 fully saturated rings. The van der Waals surface area contributed by atoms with Crippen LogP contribution in [-0.4, -0.2) is 28.9 Å². The van der Waals surface area contributed by atoms with E-state index in [1.807, 2.05) is 31.2 Å². The number of thiophene rings is 1. The van der Waals surface area contributed by atoms with Crippen molar-refractivity contribution in [2.45, 2.75) is 25.0 Å². The third kappa shape index (κ3) is 3.59. The summed E-state index contributed by atoms with van der Waals surface area (Å²) in [4.78, 5) is 22.1. The van der Waals surface area contributed by atoms with E-state index in [0.717, 1.165) is 41.0 Å². The molecule has 1 atom stereocenters. The molecule has 0 saturated carbocycles. The first-order valence-corrected chi connectivity index (χ1v) is 11.0. The van der Waals surface area contributed by atoms with Gasteiger partial charge in [-0.25, -0.2) is 4.98 Å². The zero-order valence-electron chi connectivity index (χ0n) is 15.3. The molecule has 0 bridgehead atoms. The minimum absolute atomic E-state index is 0.0188. The molecule has 27 heavy (non-hydrogen) atoms. The third-order valence-electron chi connectivity index (χ3n) is 4.76. The second kappa shape index (κ2) is 7.43. The molecule has 1 aliphatic rings. The Labute approximate surface area is 171 Å². The summed E-state index contributed by atoms with van der Waals surface area (Å²) in [5, 5.41) is 2.00. The minimum atomic E-state index is 0.0188. The van der Waals surface area contributed by atoms with Gasteiger partial charge in [0.1, 0.15) is 11.4 Å². The van der Waals surface area contributed by atoms with Crippen LogP contribution in [0.1, 0.15) is 16.0 Å². The number of nitrogens with one attached hydrogen (secondary N) is 1. The lowest BCUT2D eigenvalue weighted by molar-refractivity contribution is -0.895. The number of benzene rings is 1. The van der Waals surface area contributed by atoms with E-state index in [1.54, 1.807) is 15.9 Å². The summed E-state index contributed by atoms with van der Waals surface area (Å²) in [6.07, 6.45) is 0.927. The van der Waals surface area contributed by atoms with Gasteiger partial charge < -0.3 is 4.90 Å². The van der Waals surface area contributed by atoms with E-state index in [-0.39, 0.29) is 5.56 Å². The average Bonchev–Trinajstić information content (AvgIpc) is 2.97. The zero-order chi connectivity index (χ0) is 19.1. The predicted molar refractivity (Wildman–Crippen MR) is 115 cm³/mol. The molecule has 0 radical (unpaired) electrons. The Morgan fingerprint density at radius 3 is 3.04 bits per heavy atom. The van der Waals surface area contributed by atoms with Gasteiger partial charge in [-0.05, 0) is 30.2 Å². The number of halogens is 1. The van der Waals surface area contributed by atoms with Crippen molar-refractivity contribution in [1.82, 2.24) is 9.55 Å². The van der Waals surface area contributed by atoms with Crippen molar-refractivity contribution in [1.29, 1.82) is 0 Å². The van der Waals surface area contributed by atoms with Crippen LogP contribution in [-0.2, 0) is 13.0 Å². The van der Waals surface area contributed by atoms with E-state index in [4.69, 9.17) is 16.6 Å². The van der Waals surface area contributed by atoms with Crippen LogP contribution >= 0.6 is 34.7 Å². The van der Waals surface area contributed by atoms with Gasteiger partial charge in [0, 0.05) is 17.2 Å². The van der Waals surface area contributed by atoms with Gasteiger partial charge in [-0.15, -0.1) is 11.3 Å². The lowest BCUT2D eigenvalue weighted by atomic mass is 10.1. The average molecular weight is 419 g/mol. The monoisotopic (exact) mass is 418 g/mol. The Morgan fingerprint density at radius 1 is 1.48 bits per heavy atom. The van der Waals surface area contributed by atoms with Gasteiger partial charge in [-0.1, -0.05) is 42.1 Å². The SMILES string of the molecule is C=C(Cl)CSc1nc2sc3c(c2c(=O)n1-c1cccc(C)c1)CC[NH+](C)C3. The molecule has 3 heterocycles. The maximum atomic E-state index is 13.6. The normalized spacial score (nSPS) is 16.5. The topological polar surface area (TPSA) is 39.3 Å². The minimum Gasteiger partial charge on any atom is -0.333 e. The number of aromatic nitrogens is 2. The fraction of sp³-hybridized carbons (Fsp3) is 0.300. The summed E-state index contributed by atoms with van der Waals surface area (Å²) in [6, 6.07) is 7.97. The molecule has 1 N–H and O–H groups in total. The van der Waals surface area contributed by atoms with Crippen LogP contribution < -0.4 is 10.5 Å². The standard InChI is InChI=1S/C20H20ClN3OS2/c1-12-5-4-6-14(9-12)24-19(25)17-15-7-8-23(3)10-16(15)27-18(17)22-20(24)26-11-13(2)21/h4-6,9H,2,7-8,10-11H2,1,3H3/p+1. The predicted octanol–water partition coefficient (Wildman–Crippen LogP) is 3.17. The zero-order valence-corrected chi connectivity index (χ0v) is 17.7. The molecule has 1 aromatic carbocycles. The van der Waals surface area contributed by atoms with Crippen LogP contribution in [0.4, 0.5) is 0 Å². The first-order valence-electron chi connectivity index (χ1n) is 8.85. The molecule has 0 spiro atoms. The highest BCUT2D eigenvalue weighted by Crippen LogP contribution is 2.32. The van der Waals surface area contributed by atoms with Gasteiger partial charge in [0.2, 0.25) is 0 Å². The second-order valence-electron chi connectivity index (χ2n) is 7.00. The number of fused-ring (bicyclic) bond motifs is 3. The van der Waals surface area contributed by atoms with Crippen LogP contribution in [0.5, 0.6) is 0 Å². The van der Waals surface area contributed by atoms with Crippen molar-refractivity contribution in [2.75, 3.05) is 19.3 Å².